The van der Waals surface area contributed by atoms with Crippen molar-refractivity contribution in [2.45, 2.75) is 19.3 Å². The van der Waals surface area contributed by atoms with E-state index in [1.165, 1.54) is 11.1 Å². The topological polar surface area (TPSA) is 50.8 Å². The molecule has 1 aromatic carbocycles. The number of ether oxygens (including phenoxy) is 1. The fourth-order valence-corrected chi connectivity index (χ4v) is 2.75. The number of hydrogen-bond acceptors (Lipinski definition) is 3. The molecule has 0 bridgehead atoms. The van der Waals surface area contributed by atoms with Gasteiger partial charge < -0.3 is 9.72 Å². The van der Waals surface area contributed by atoms with Gasteiger partial charge in [0.25, 0.3) is 0 Å². The number of H-pyrrole nitrogens is 1. The lowest BCUT2D eigenvalue weighted by Gasteiger charge is -2.23. The Balaban J connectivity index is 1.72. The molecule has 1 unspecified atom stereocenters. The summed E-state index contributed by atoms with van der Waals surface area (Å²) < 4.78 is 5.84. The van der Waals surface area contributed by atoms with E-state index in [-0.39, 0.29) is 5.92 Å². The molecule has 0 saturated carbocycles. The van der Waals surface area contributed by atoms with Crippen LogP contribution in [0.25, 0.3) is 11.2 Å². The van der Waals surface area contributed by atoms with Crippen LogP contribution in [0.2, 0.25) is 0 Å². The molecule has 4 nitrogen and oxygen atoms in total. The molecular formula is C16H15N3O. The van der Waals surface area contributed by atoms with Crippen LogP contribution in [0.3, 0.4) is 0 Å². The van der Waals surface area contributed by atoms with Gasteiger partial charge >= 0.3 is 0 Å². The van der Waals surface area contributed by atoms with Gasteiger partial charge in [0.2, 0.25) is 0 Å². The number of fused-ring (bicyclic) bond motifs is 2. The van der Waals surface area contributed by atoms with E-state index < -0.39 is 0 Å². The number of aromatic nitrogens is 3. The number of rotatable bonds is 1. The average Bonchev–Trinajstić information content (AvgIpc) is 2.92. The molecule has 100 valence electrons. The summed E-state index contributed by atoms with van der Waals surface area (Å²) in [4.78, 5) is 12.4. The fraction of sp³-hybridized carbons (Fsp3) is 0.250. The number of imidazole rings is 1. The summed E-state index contributed by atoms with van der Waals surface area (Å²) in [7, 11) is 0. The van der Waals surface area contributed by atoms with Crippen LogP contribution in [-0.2, 0) is 6.42 Å². The van der Waals surface area contributed by atoms with Crippen molar-refractivity contribution in [1.82, 2.24) is 15.0 Å². The van der Waals surface area contributed by atoms with Crippen LogP contribution in [0.5, 0.6) is 5.75 Å². The number of hydrogen-bond donors (Lipinski definition) is 1. The van der Waals surface area contributed by atoms with Crippen molar-refractivity contribution < 1.29 is 4.74 Å². The zero-order valence-electron chi connectivity index (χ0n) is 11.3. The van der Waals surface area contributed by atoms with Crippen LogP contribution >= 0.6 is 0 Å². The Morgan fingerprint density at radius 3 is 3.05 bits per heavy atom. The monoisotopic (exact) mass is 265 g/mol. The smallest absolute Gasteiger partial charge is 0.177 e. The van der Waals surface area contributed by atoms with E-state index in [1.807, 2.05) is 18.2 Å². The number of nitrogens with one attached hydrogen (secondary N) is 1. The molecule has 0 radical (unpaired) electrons. The highest BCUT2D eigenvalue weighted by molar-refractivity contribution is 5.74. The largest absolute Gasteiger partial charge is 0.493 e. The Bertz CT molecular complexity index is 778. The highest BCUT2D eigenvalue weighted by Crippen LogP contribution is 2.31. The van der Waals surface area contributed by atoms with Gasteiger partial charge in [-0.3, -0.25) is 0 Å². The third-order valence-corrected chi connectivity index (χ3v) is 3.88. The van der Waals surface area contributed by atoms with Crippen molar-refractivity contribution in [1.29, 1.82) is 0 Å². The predicted molar refractivity (Wildman–Crippen MR) is 77.0 cm³/mol. The van der Waals surface area contributed by atoms with Crippen LogP contribution in [0.1, 0.15) is 22.9 Å². The Morgan fingerprint density at radius 1 is 1.25 bits per heavy atom. The number of pyridine rings is 1. The van der Waals surface area contributed by atoms with E-state index in [1.54, 1.807) is 6.20 Å². The van der Waals surface area contributed by atoms with Crippen molar-refractivity contribution in [3.63, 3.8) is 0 Å². The third-order valence-electron chi connectivity index (χ3n) is 3.88. The first-order chi connectivity index (χ1) is 9.81. The molecule has 4 heteroatoms. The Hall–Kier alpha value is -2.36. The van der Waals surface area contributed by atoms with Gasteiger partial charge in [-0.1, -0.05) is 18.2 Å². The van der Waals surface area contributed by atoms with Crippen molar-refractivity contribution in [3.8, 4) is 5.75 Å². The van der Waals surface area contributed by atoms with Gasteiger partial charge in [-0.2, -0.15) is 0 Å². The molecule has 4 rings (SSSR count). The minimum absolute atomic E-state index is 0.262. The Kier molecular flexibility index (Phi) is 2.49. The van der Waals surface area contributed by atoms with Gasteiger partial charge in [0.1, 0.15) is 11.6 Å². The molecular weight excluding hydrogens is 250 g/mol. The van der Waals surface area contributed by atoms with E-state index >= 15 is 0 Å². The van der Waals surface area contributed by atoms with Gasteiger partial charge in [0.15, 0.2) is 5.65 Å². The van der Waals surface area contributed by atoms with Gasteiger partial charge in [0, 0.05) is 6.20 Å². The summed E-state index contributed by atoms with van der Waals surface area (Å²) in [5, 5.41) is 0. The number of benzene rings is 1. The molecule has 0 fully saturated rings. The van der Waals surface area contributed by atoms with E-state index in [0.717, 1.165) is 29.2 Å². The second-order valence-electron chi connectivity index (χ2n) is 5.27. The molecule has 3 heterocycles. The maximum Gasteiger partial charge on any atom is 0.177 e. The summed E-state index contributed by atoms with van der Waals surface area (Å²) in [6.45, 7) is 2.73. The maximum absolute atomic E-state index is 5.84. The van der Waals surface area contributed by atoms with E-state index in [4.69, 9.17) is 4.74 Å². The lowest BCUT2D eigenvalue weighted by Crippen LogP contribution is -2.20. The zero-order valence-corrected chi connectivity index (χ0v) is 11.3. The minimum atomic E-state index is 0.262. The number of aryl methyl sites for hydroxylation is 1. The molecule has 20 heavy (non-hydrogen) atoms. The summed E-state index contributed by atoms with van der Waals surface area (Å²) in [6.07, 6.45) is 2.75. The molecule has 0 spiro atoms. The highest BCUT2D eigenvalue weighted by atomic mass is 16.5. The summed E-state index contributed by atoms with van der Waals surface area (Å²) in [5.41, 5.74) is 4.24. The van der Waals surface area contributed by atoms with Crippen LogP contribution < -0.4 is 4.74 Å². The quantitative estimate of drug-likeness (QED) is 0.736. The second kappa shape index (κ2) is 4.34. The van der Waals surface area contributed by atoms with Gasteiger partial charge in [-0.25, -0.2) is 9.97 Å². The van der Waals surface area contributed by atoms with Crippen molar-refractivity contribution in [2.24, 2.45) is 0 Å². The van der Waals surface area contributed by atoms with Gasteiger partial charge in [-0.15, -0.1) is 0 Å². The highest BCUT2D eigenvalue weighted by Gasteiger charge is 2.24. The van der Waals surface area contributed by atoms with Crippen molar-refractivity contribution in [2.75, 3.05) is 6.61 Å². The summed E-state index contributed by atoms with van der Waals surface area (Å²) >= 11 is 0. The molecule has 1 atom stereocenters. The second-order valence-corrected chi connectivity index (χ2v) is 5.27. The normalized spacial score (nSPS) is 17.8. The lowest BCUT2D eigenvalue weighted by atomic mass is 9.96. The molecule has 1 aliphatic heterocycles. The van der Waals surface area contributed by atoms with E-state index in [0.29, 0.717) is 6.61 Å². The summed E-state index contributed by atoms with van der Waals surface area (Å²) in [5.74, 6) is 2.23. The number of nitrogens with zero attached hydrogens (tertiary/aromatic N) is 2. The van der Waals surface area contributed by atoms with E-state index in [2.05, 4.69) is 34.0 Å². The first-order valence-corrected chi connectivity index (χ1v) is 6.83. The van der Waals surface area contributed by atoms with Crippen LogP contribution in [0, 0.1) is 6.92 Å². The molecule has 0 aliphatic carbocycles. The van der Waals surface area contributed by atoms with Crippen LogP contribution in [0.4, 0.5) is 0 Å². The van der Waals surface area contributed by atoms with Gasteiger partial charge in [-0.05, 0) is 36.6 Å². The van der Waals surface area contributed by atoms with Crippen LogP contribution in [0.15, 0.2) is 36.5 Å². The molecule has 2 aromatic heterocycles. The average molecular weight is 265 g/mol. The van der Waals surface area contributed by atoms with Crippen LogP contribution in [-0.4, -0.2) is 21.6 Å². The zero-order chi connectivity index (χ0) is 13.5. The maximum atomic E-state index is 5.84. The lowest BCUT2D eigenvalue weighted by molar-refractivity contribution is 0.258. The molecule has 3 aromatic rings. The number of para-hydroxylation sites is 1. The first-order valence-electron chi connectivity index (χ1n) is 6.83. The predicted octanol–water partition coefficient (Wildman–Crippen LogP) is 2.99. The van der Waals surface area contributed by atoms with Crippen molar-refractivity contribution >= 4 is 11.2 Å². The Labute approximate surface area is 116 Å². The fourth-order valence-electron chi connectivity index (χ4n) is 2.75. The van der Waals surface area contributed by atoms with Crippen molar-refractivity contribution in [3.05, 3.63) is 53.5 Å². The number of aromatic amines is 1. The Morgan fingerprint density at radius 2 is 2.15 bits per heavy atom. The first kappa shape index (κ1) is 11.5. The molecule has 0 amide bonds. The third kappa shape index (κ3) is 1.76. The van der Waals surface area contributed by atoms with E-state index in [9.17, 15) is 0 Å². The SMILES string of the molecule is Cc1ccnc2nc(C3COc4ccccc4C3)[nH]c12. The molecule has 0 saturated heterocycles. The molecule has 1 N–H and O–H groups in total. The molecule has 1 aliphatic rings. The van der Waals surface area contributed by atoms with Gasteiger partial charge in [0.05, 0.1) is 18.0 Å². The summed E-state index contributed by atoms with van der Waals surface area (Å²) in [6, 6.07) is 10.2. The minimum Gasteiger partial charge on any atom is -0.493 e. The standard InChI is InChI=1S/C16H15N3O/c1-10-6-7-17-16-14(10)18-15(19-16)12-8-11-4-2-3-5-13(11)20-9-12/h2-7,12H,8-9H2,1H3,(H,17,18,19).